The Morgan fingerprint density at radius 2 is 2.07 bits per heavy atom. The van der Waals surface area contributed by atoms with Gasteiger partial charge >= 0.3 is 0 Å². The molecule has 4 heteroatoms. The van der Waals surface area contributed by atoms with Crippen LogP contribution in [0.4, 0.5) is 0 Å². The highest BCUT2D eigenvalue weighted by atomic mass is 16.1. The van der Waals surface area contributed by atoms with E-state index in [0.717, 1.165) is 6.54 Å². The van der Waals surface area contributed by atoms with Gasteiger partial charge in [0.2, 0.25) is 5.91 Å². The van der Waals surface area contributed by atoms with Crippen LogP contribution in [0.15, 0.2) is 0 Å². The summed E-state index contributed by atoms with van der Waals surface area (Å²) in [4.78, 5) is 13.4. The molecule has 0 aromatic heterocycles. The highest BCUT2D eigenvalue weighted by molar-refractivity contribution is 5.77. The standard InChI is InChI=1S/C10H21N3O/c1-9(12-7-10(14)11-2)8-13-5-3-4-6-13/h9,12H,3-8H2,1-2H3,(H,11,14). The second kappa shape index (κ2) is 5.98. The number of rotatable bonds is 5. The molecule has 1 unspecified atom stereocenters. The maximum atomic E-state index is 11.0. The van der Waals surface area contributed by atoms with Crippen LogP contribution in [0.1, 0.15) is 19.8 Å². The minimum absolute atomic E-state index is 0.0540. The van der Waals surface area contributed by atoms with Gasteiger partial charge < -0.3 is 15.5 Å². The number of carbonyl (C=O) groups is 1. The third-order valence-electron chi connectivity index (χ3n) is 2.62. The molecule has 0 aromatic carbocycles. The van der Waals surface area contributed by atoms with Gasteiger partial charge in [-0.1, -0.05) is 0 Å². The molecule has 4 nitrogen and oxygen atoms in total. The Labute approximate surface area is 86.0 Å². The Balaban J connectivity index is 2.08. The second-order valence-corrected chi connectivity index (χ2v) is 3.96. The smallest absolute Gasteiger partial charge is 0.233 e. The lowest BCUT2D eigenvalue weighted by atomic mass is 10.3. The number of likely N-dealkylation sites (N-methyl/N-ethyl adjacent to an activating group) is 1. The number of likely N-dealkylation sites (tertiary alicyclic amines) is 1. The molecule has 82 valence electrons. The van der Waals surface area contributed by atoms with E-state index in [9.17, 15) is 4.79 Å². The first-order chi connectivity index (χ1) is 6.72. The topological polar surface area (TPSA) is 44.4 Å². The Morgan fingerprint density at radius 3 is 2.64 bits per heavy atom. The number of nitrogens with zero attached hydrogens (tertiary/aromatic N) is 1. The van der Waals surface area contributed by atoms with Crippen LogP contribution in [0.3, 0.4) is 0 Å². The zero-order chi connectivity index (χ0) is 10.4. The molecular weight excluding hydrogens is 178 g/mol. The average molecular weight is 199 g/mol. The van der Waals surface area contributed by atoms with Gasteiger partial charge in [-0.05, 0) is 32.9 Å². The monoisotopic (exact) mass is 199 g/mol. The molecule has 1 fully saturated rings. The van der Waals surface area contributed by atoms with Crippen molar-refractivity contribution in [2.45, 2.75) is 25.8 Å². The highest BCUT2D eigenvalue weighted by Gasteiger charge is 2.14. The van der Waals surface area contributed by atoms with E-state index in [4.69, 9.17) is 0 Å². The van der Waals surface area contributed by atoms with Crippen LogP contribution >= 0.6 is 0 Å². The Morgan fingerprint density at radius 1 is 1.43 bits per heavy atom. The van der Waals surface area contributed by atoms with Crippen LogP contribution in [0, 0.1) is 0 Å². The highest BCUT2D eigenvalue weighted by Crippen LogP contribution is 2.07. The largest absolute Gasteiger partial charge is 0.358 e. The van der Waals surface area contributed by atoms with E-state index in [2.05, 4.69) is 22.5 Å². The summed E-state index contributed by atoms with van der Waals surface area (Å²) in [5, 5.41) is 5.81. The summed E-state index contributed by atoms with van der Waals surface area (Å²) in [6.45, 7) is 6.03. The molecule has 1 rings (SSSR count). The zero-order valence-electron chi connectivity index (χ0n) is 9.18. The quantitative estimate of drug-likeness (QED) is 0.645. The molecule has 0 saturated carbocycles. The van der Waals surface area contributed by atoms with Gasteiger partial charge in [0, 0.05) is 19.6 Å². The lowest BCUT2D eigenvalue weighted by Crippen LogP contribution is -2.42. The average Bonchev–Trinajstić information content (AvgIpc) is 2.66. The van der Waals surface area contributed by atoms with Crippen LogP contribution < -0.4 is 10.6 Å². The molecule has 1 atom stereocenters. The lowest BCUT2D eigenvalue weighted by molar-refractivity contribution is -0.119. The van der Waals surface area contributed by atoms with Crippen molar-refractivity contribution in [2.24, 2.45) is 0 Å². The summed E-state index contributed by atoms with van der Waals surface area (Å²) in [6, 6.07) is 0.394. The van der Waals surface area contributed by atoms with Gasteiger partial charge in [0.25, 0.3) is 0 Å². The third kappa shape index (κ3) is 4.07. The van der Waals surface area contributed by atoms with Gasteiger partial charge in [-0.25, -0.2) is 0 Å². The molecule has 0 radical (unpaired) electrons. The summed E-state index contributed by atoms with van der Waals surface area (Å²) in [5.41, 5.74) is 0. The van der Waals surface area contributed by atoms with Crippen molar-refractivity contribution in [3.05, 3.63) is 0 Å². The van der Waals surface area contributed by atoms with Gasteiger partial charge in [0.05, 0.1) is 6.54 Å². The van der Waals surface area contributed by atoms with Crippen molar-refractivity contribution in [1.82, 2.24) is 15.5 Å². The Bertz CT molecular complexity index is 178. The number of hydrogen-bond donors (Lipinski definition) is 2. The summed E-state index contributed by atoms with van der Waals surface area (Å²) in [7, 11) is 1.66. The van der Waals surface area contributed by atoms with Crippen molar-refractivity contribution in [3.63, 3.8) is 0 Å². The summed E-state index contributed by atoms with van der Waals surface area (Å²) in [6.07, 6.45) is 2.64. The van der Waals surface area contributed by atoms with Crippen molar-refractivity contribution in [2.75, 3.05) is 33.2 Å². The summed E-state index contributed by atoms with van der Waals surface area (Å²) < 4.78 is 0. The van der Waals surface area contributed by atoms with Gasteiger partial charge in [-0.2, -0.15) is 0 Å². The molecular formula is C10H21N3O. The zero-order valence-corrected chi connectivity index (χ0v) is 9.18. The second-order valence-electron chi connectivity index (χ2n) is 3.96. The minimum atomic E-state index is 0.0540. The summed E-state index contributed by atoms with van der Waals surface area (Å²) in [5.74, 6) is 0.0540. The molecule has 1 saturated heterocycles. The van der Waals surface area contributed by atoms with E-state index in [-0.39, 0.29) is 5.91 Å². The summed E-state index contributed by atoms with van der Waals surface area (Å²) >= 11 is 0. The van der Waals surface area contributed by atoms with E-state index in [1.54, 1.807) is 7.05 Å². The normalized spacial score (nSPS) is 19.6. The van der Waals surface area contributed by atoms with E-state index in [0.29, 0.717) is 12.6 Å². The van der Waals surface area contributed by atoms with E-state index >= 15 is 0 Å². The predicted octanol–water partition coefficient (Wildman–Crippen LogP) is -0.194. The number of hydrogen-bond acceptors (Lipinski definition) is 3. The van der Waals surface area contributed by atoms with Crippen molar-refractivity contribution in [1.29, 1.82) is 0 Å². The van der Waals surface area contributed by atoms with Crippen LogP contribution in [0.5, 0.6) is 0 Å². The Kier molecular flexibility index (Phi) is 4.90. The lowest BCUT2D eigenvalue weighted by Gasteiger charge is -2.20. The maximum Gasteiger partial charge on any atom is 0.233 e. The molecule has 1 amide bonds. The van der Waals surface area contributed by atoms with Crippen LogP contribution in [-0.4, -0.2) is 50.1 Å². The van der Waals surface area contributed by atoms with E-state index in [1.807, 2.05) is 0 Å². The number of nitrogens with one attached hydrogen (secondary N) is 2. The molecule has 2 N–H and O–H groups in total. The van der Waals surface area contributed by atoms with Gasteiger partial charge in [-0.15, -0.1) is 0 Å². The molecule has 0 aliphatic carbocycles. The molecule has 1 heterocycles. The minimum Gasteiger partial charge on any atom is -0.358 e. The predicted molar refractivity (Wildman–Crippen MR) is 57.2 cm³/mol. The number of amides is 1. The van der Waals surface area contributed by atoms with Gasteiger partial charge in [-0.3, -0.25) is 4.79 Å². The first-order valence-electron chi connectivity index (χ1n) is 5.38. The molecule has 14 heavy (non-hydrogen) atoms. The van der Waals surface area contributed by atoms with Crippen LogP contribution in [-0.2, 0) is 4.79 Å². The molecule has 0 spiro atoms. The van der Waals surface area contributed by atoms with Crippen molar-refractivity contribution >= 4 is 5.91 Å². The first kappa shape index (κ1) is 11.5. The maximum absolute atomic E-state index is 11.0. The van der Waals surface area contributed by atoms with Gasteiger partial charge in [0.1, 0.15) is 0 Å². The SMILES string of the molecule is CNC(=O)CNC(C)CN1CCCC1. The van der Waals surface area contributed by atoms with Crippen LogP contribution in [0.2, 0.25) is 0 Å². The van der Waals surface area contributed by atoms with Crippen LogP contribution in [0.25, 0.3) is 0 Å². The molecule has 0 aromatic rings. The molecule has 0 bridgehead atoms. The third-order valence-corrected chi connectivity index (χ3v) is 2.62. The molecule has 1 aliphatic rings. The van der Waals surface area contributed by atoms with E-state index < -0.39 is 0 Å². The molecule has 1 aliphatic heterocycles. The fraction of sp³-hybridized carbons (Fsp3) is 0.900. The van der Waals surface area contributed by atoms with Crippen molar-refractivity contribution in [3.8, 4) is 0 Å². The van der Waals surface area contributed by atoms with E-state index in [1.165, 1.54) is 25.9 Å². The van der Waals surface area contributed by atoms with Crippen molar-refractivity contribution < 1.29 is 4.79 Å². The number of carbonyl (C=O) groups excluding carboxylic acids is 1. The van der Waals surface area contributed by atoms with Gasteiger partial charge in [0.15, 0.2) is 0 Å². The Hall–Kier alpha value is -0.610. The fourth-order valence-corrected chi connectivity index (χ4v) is 1.77. The first-order valence-corrected chi connectivity index (χ1v) is 5.38. The fourth-order valence-electron chi connectivity index (χ4n) is 1.77.